The standard InChI is InChI=1S/C21H28N6O3S/c1-13-24-16(26-20-23-11-15(10-22)31-20)9-17(25-13)30-12-14-5-7-27(8-6-14)18(19(28)29)21(2,3)4/h9,11,14,18H,5-8,12H2,1-4H3,(H,28,29)(H,23,24,25,26). The minimum atomic E-state index is -0.763. The quantitative estimate of drug-likeness (QED) is 0.660. The van der Waals surface area contributed by atoms with E-state index in [4.69, 9.17) is 10.00 Å². The third-order valence-corrected chi connectivity index (χ3v) is 6.02. The van der Waals surface area contributed by atoms with Crippen LogP contribution in [0.3, 0.4) is 0 Å². The predicted molar refractivity (Wildman–Crippen MR) is 118 cm³/mol. The molecular weight excluding hydrogens is 416 g/mol. The van der Waals surface area contributed by atoms with Crippen molar-refractivity contribution in [2.45, 2.75) is 46.6 Å². The van der Waals surface area contributed by atoms with Crippen LogP contribution in [0.5, 0.6) is 5.88 Å². The van der Waals surface area contributed by atoms with Gasteiger partial charge in [-0.05, 0) is 44.2 Å². The number of nitrogens with one attached hydrogen (secondary N) is 1. The van der Waals surface area contributed by atoms with Gasteiger partial charge in [0.15, 0.2) is 5.13 Å². The molecule has 2 aromatic heterocycles. The maximum absolute atomic E-state index is 11.7. The maximum Gasteiger partial charge on any atom is 0.321 e. The third kappa shape index (κ3) is 6.12. The van der Waals surface area contributed by atoms with Crippen LogP contribution >= 0.6 is 11.3 Å². The van der Waals surface area contributed by atoms with E-state index in [1.807, 2.05) is 20.8 Å². The summed E-state index contributed by atoms with van der Waals surface area (Å²) in [6.45, 7) is 9.70. The molecule has 0 aromatic carbocycles. The number of nitrogens with zero attached hydrogens (tertiary/aromatic N) is 5. The summed E-state index contributed by atoms with van der Waals surface area (Å²) in [6, 6.07) is 3.29. The maximum atomic E-state index is 11.7. The highest BCUT2D eigenvalue weighted by atomic mass is 32.1. The first-order chi connectivity index (χ1) is 14.7. The summed E-state index contributed by atoms with van der Waals surface area (Å²) >= 11 is 1.25. The fourth-order valence-corrected chi connectivity index (χ4v) is 4.45. The highest BCUT2D eigenvalue weighted by Gasteiger charge is 2.38. The molecular formula is C21H28N6O3S. The van der Waals surface area contributed by atoms with Crippen molar-refractivity contribution in [3.63, 3.8) is 0 Å². The molecule has 1 aliphatic rings. The summed E-state index contributed by atoms with van der Waals surface area (Å²) < 4.78 is 5.95. The second-order valence-electron chi connectivity index (χ2n) is 8.80. The Balaban J connectivity index is 1.55. The molecule has 1 fully saturated rings. The van der Waals surface area contributed by atoms with Gasteiger partial charge in [-0.1, -0.05) is 32.1 Å². The van der Waals surface area contributed by atoms with Crippen molar-refractivity contribution in [2.24, 2.45) is 11.3 Å². The largest absolute Gasteiger partial charge is 0.480 e. The first-order valence-corrected chi connectivity index (χ1v) is 11.1. The number of likely N-dealkylation sites (tertiary alicyclic amines) is 1. The fraction of sp³-hybridized carbons (Fsp3) is 0.571. The van der Waals surface area contributed by atoms with Crippen LogP contribution < -0.4 is 10.1 Å². The number of aliphatic carboxylic acids is 1. The molecule has 2 aromatic rings. The molecule has 31 heavy (non-hydrogen) atoms. The number of thiazole rings is 1. The van der Waals surface area contributed by atoms with Gasteiger partial charge in [0.05, 0.1) is 12.8 Å². The number of piperidine rings is 1. The number of aromatic nitrogens is 3. The molecule has 0 bridgehead atoms. The summed E-state index contributed by atoms with van der Waals surface area (Å²) in [5.74, 6) is 1.19. The first kappa shape index (κ1) is 22.9. The van der Waals surface area contributed by atoms with E-state index in [0.29, 0.717) is 40.1 Å². The van der Waals surface area contributed by atoms with Gasteiger partial charge in [-0.3, -0.25) is 9.69 Å². The SMILES string of the molecule is Cc1nc(Nc2ncc(C#N)s2)cc(OCC2CCN(C(C(=O)O)C(C)(C)C)CC2)n1. The summed E-state index contributed by atoms with van der Waals surface area (Å²) in [5.41, 5.74) is -0.317. The molecule has 2 N–H and O–H groups in total. The lowest BCUT2D eigenvalue weighted by atomic mass is 9.84. The number of carbonyl (C=O) groups is 1. The zero-order valence-corrected chi connectivity index (χ0v) is 19.1. The van der Waals surface area contributed by atoms with Gasteiger partial charge in [0.2, 0.25) is 5.88 Å². The van der Waals surface area contributed by atoms with Crippen LogP contribution in [0.1, 0.15) is 44.3 Å². The lowest BCUT2D eigenvalue weighted by molar-refractivity contribution is -0.148. The van der Waals surface area contributed by atoms with E-state index < -0.39 is 12.0 Å². The highest BCUT2D eigenvalue weighted by molar-refractivity contribution is 7.16. The summed E-state index contributed by atoms with van der Waals surface area (Å²) in [6.07, 6.45) is 3.27. The molecule has 1 saturated heterocycles. The van der Waals surface area contributed by atoms with Crippen LogP contribution in [0.2, 0.25) is 0 Å². The number of carboxylic acids is 1. The first-order valence-electron chi connectivity index (χ1n) is 10.2. The van der Waals surface area contributed by atoms with Gasteiger partial charge in [-0.2, -0.15) is 10.2 Å². The van der Waals surface area contributed by atoms with Crippen molar-refractivity contribution in [3.8, 4) is 11.9 Å². The number of hydrogen-bond acceptors (Lipinski definition) is 9. The van der Waals surface area contributed by atoms with Crippen molar-refractivity contribution in [3.05, 3.63) is 23.0 Å². The molecule has 0 amide bonds. The van der Waals surface area contributed by atoms with Crippen molar-refractivity contribution in [2.75, 3.05) is 25.0 Å². The molecule has 1 unspecified atom stereocenters. The molecule has 1 aliphatic heterocycles. The molecule has 10 heteroatoms. The smallest absolute Gasteiger partial charge is 0.321 e. The Bertz CT molecular complexity index is 957. The van der Waals surface area contributed by atoms with Crippen LogP contribution in [-0.4, -0.2) is 56.7 Å². The Morgan fingerprint density at radius 2 is 2.13 bits per heavy atom. The predicted octanol–water partition coefficient (Wildman–Crippen LogP) is 3.45. The molecule has 3 rings (SSSR count). The van der Waals surface area contributed by atoms with Gasteiger partial charge in [-0.25, -0.2) is 9.97 Å². The van der Waals surface area contributed by atoms with Crippen LogP contribution in [0.4, 0.5) is 10.9 Å². The Morgan fingerprint density at radius 3 is 2.71 bits per heavy atom. The third-order valence-electron chi connectivity index (χ3n) is 5.20. The van der Waals surface area contributed by atoms with Crippen LogP contribution in [0.25, 0.3) is 0 Å². The fourth-order valence-electron chi connectivity index (χ4n) is 3.83. The second kappa shape index (κ2) is 9.58. The van der Waals surface area contributed by atoms with E-state index in [1.54, 1.807) is 13.0 Å². The van der Waals surface area contributed by atoms with E-state index >= 15 is 0 Å². The topological polar surface area (TPSA) is 124 Å². The van der Waals surface area contributed by atoms with Crippen molar-refractivity contribution in [1.82, 2.24) is 19.9 Å². The zero-order valence-electron chi connectivity index (χ0n) is 18.3. The minimum Gasteiger partial charge on any atom is -0.480 e. The molecule has 0 saturated carbocycles. The monoisotopic (exact) mass is 444 g/mol. The number of carboxylic acid groups (broad SMARTS) is 1. The molecule has 9 nitrogen and oxygen atoms in total. The highest BCUT2D eigenvalue weighted by Crippen LogP contribution is 2.29. The normalized spacial score (nSPS) is 16.5. The number of rotatable bonds is 7. The molecule has 0 aliphatic carbocycles. The van der Waals surface area contributed by atoms with E-state index in [0.717, 1.165) is 25.9 Å². The number of ether oxygens (including phenoxy) is 1. The van der Waals surface area contributed by atoms with E-state index in [1.165, 1.54) is 17.5 Å². The average molecular weight is 445 g/mol. The molecule has 3 heterocycles. The summed E-state index contributed by atoms with van der Waals surface area (Å²) in [4.78, 5) is 27.2. The number of hydrogen-bond donors (Lipinski definition) is 2. The van der Waals surface area contributed by atoms with E-state index in [2.05, 4.69) is 31.2 Å². The Kier molecular flexibility index (Phi) is 7.08. The van der Waals surface area contributed by atoms with E-state index in [9.17, 15) is 9.90 Å². The van der Waals surface area contributed by atoms with Gasteiger partial charge in [0.25, 0.3) is 0 Å². The van der Waals surface area contributed by atoms with Crippen LogP contribution in [0.15, 0.2) is 12.3 Å². The van der Waals surface area contributed by atoms with Gasteiger partial charge < -0.3 is 15.2 Å². The lowest BCUT2D eigenvalue weighted by Gasteiger charge is -2.41. The van der Waals surface area contributed by atoms with Crippen molar-refractivity contribution in [1.29, 1.82) is 5.26 Å². The van der Waals surface area contributed by atoms with Gasteiger partial charge >= 0.3 is 5.97 Å². The average Bonchev–Trinajstić information content (AvgIpc) is 3.13. The van der Waals surface area contributed by atoms with Gasteiger partial charge in [0, 0.05) is 6.07 Å². The lowest BCUT2D eigenvalue weighted by Crippen LogP contribution is -2.52. The number of aryl methyl sites for hydroxylation is 1. The van der Waals surface area contributed by atoms with E-state index in [-0.39, 0.29) is 5.41 Å². The van der Waals surface area contributed by atoms with Crippen molar-refractivity contribution < 1.29 is 14.6 Å². The Morgan fingerprint density at radius 1 is 1.42 bits per heavy atom. The second-order valence-corrected chi connectivity index (χ2v) is 9.83. The summed E-state index contributed by atoms with van der Waals surface area (Å²) in [5, 5.41) is 22.2. The summed E-state index contributed by atoms with van der Waals surface area (Å²) in [7, 11) is 0. The molecule has 0 radical (unpaired) electrons. The Hall–Kier alpha value is -2.77. The number of nitriles is 1. The number of anilines is 2. The molecule has 1 atom stereocenters. The van der Waals surface area contributed by atoms with Gasteiger partial charge in [0.1, 0.15) is 28.6 Å². The zero-order chi connectivity index (χ0) is 22.6. The van der Waals surface area contributed by atoms with Crippen molar-refractivity contribution >= 4 is 28.3 Å². The van der Waals surface area contributed by atoms with Crippen LogP contribution in [0, 0.1) is 29.6 Å². The minimum absolute atomic E-state index is 0.317. The molecule has 166 valence electrons. The molecule has 0 spiro atoms. The van der Waals surface area contributed by atoms with Gasteiger partial charge in [-0.15, -0.1) is 0 Å². The van der Waals surface area contributed by atoms with Crippen LogP contribution in [-0.2, 0) is 4.79 Å². The Labute approximate surface area is 186 Å².